The average molecular weight is 358 g/mol. The molecule has 0 atom stereocenters. The molecule has 0 aromatic carbocycles. The van der Waals surface area contributed by atoms with Crippen LogP contribution in [0.4, 0.5) is 5.82 Å². The molecule has 2 fully saturated rings. The number of anilines is 1. The summed E-state index contributed by atoms with van der Waals surface area (Å²) in [5.41, 5.74) is 1.97. The molecule has 0 spiro atoms. The van der Waals surface area contributed by atoms with Crippen molar-refractivity contribution in [3.8, 4) is 0 Å². The first-order chi connectivity index (χ1) is 12.8. The average Bonchev–Trinajstić information content (AvgIpc) is 2.85. The van der Waals surface area contributed by atoms with E-state index in [0.717, 1.165) is 55.3 Å². The summed E-state index contributed by atoms with van der Waals surface area (Å²) in [6.07, 6.45) is 7.63. The lowest BCUT2D eigenvalue weighted by Crippen LogP contribution is -2.29. The molecule has 6 nitrogen and oxygen atoms in total. The molecular weight excluding hydrogens is 326 g/mol. The highest BCUT2D eigenvalue weighted by Crippen LogP contribution is 2.24. The molecule has 2 saturated heterocycles. The van der Waals surface area contributed by atoms with E-state index in [1.54, 1.807) is 0 Å². The maximum Gasteiger partial charge on any atom is 0.160 e. The van der Waals surface area contributed by atoms with E-state index in [1.807, 2.05) is 11.7 Å². The van der Waals surface area contributed by atoms with Crippen LogP contribution in [0, 0.1) is 5.92 Å². The molecule has 2 aliphatic heterocycles. The topological polar surface area (TPSA) is 55.2 Å². The maximum atomic E-state index is 6.00. The lowest BCUT2D eigenvalue weighted by atomic mass is 9.99. The van der Waals surface area contributed by atoms with Crippen molar-refractivity contribution in [3.63, 3.8) is 0 Å². The first kappa shape index (κ1) is 17.7. The number of ether oxygens (including phenoxy) is 1. The van der Waals surface area contributed by atoms with Crippen LogP contribution in [0.5, 0.6) is 0 Å². The number of aryl methyl sites for hydroxylation is 1. The van der Waals surface area contributed by atoms with Crippen LogP contribution in [0.3, 0.4) is 0 Å². The van der Waals surface area contributed by atoms with Crippen LogP contribution < -0.4 is 10.2 Å². The molecule has 4 rings (SSSR count). The highest BCUT2D eigenvalue weighted by atomic mass is 16.5. The number of aromatic nitrogens is 3. The minimum Gasteiger partial charge on any atom is -0.375 e. The predicted octanol–water partition coefficient (Wildman–Crippen LogP) is 2.86. The van der Waals surface area contributed by atoms with Crippen molar-refractivity contribution in [1.82, 2.24) is 20.1 Å². The molecule has 2 aliphatic rings. The molecule has 26 heavy (non-hydrogen) atoms. The van der Waals surface area contributed by atoms with Gasteiger partial charge in [-0.05, 0) is 56.8 Å². The summed E-state index contributed by atoms with van der Waals surface area (Å²) in [6.45, 7) is 5.86. The van der Waals surface area contributed by atoms with E-state index in [0.29, 0.717) is 12.5 Å². The van der Waals surface area contributed by atoms with Gasteiger partial charge >= 0.3 is 0 Å². The van der Waals surface area contributed by atoms with Crippen molar-refractivity contribution in [2.24, 2.45) is 13.0 Å². The Morgan fingerprint density at radius 2 is 1.88 bits per heavy atom. The van der Waals surface area contributed by atoms with Crippen LogP contribution in [-0.4, -0.2) is 47.6 Å². The van der Waals surface area contributed by atoms with Gasteiger partial charge in [-0.1, -0.05) is 12.8 Å². The number of hydrogen-bond acceptors (Lipinski definition) is 5. The standard InChI is InChI=1S/C20H31N5O/c1-24-20-17(6-7-19(22-20)25-12-4-2-3-5-13-25)18(23-24)15-26-14-16-8-10-21-11-9-16/h6-7,16,21H,2-5,8-15H2,1H3. The van der Waals surface area contributed by atoms with E-state index in [4.69, 9.17) is 9.72 Å². The molecule has 0 radical (unpaired) electrons. The molecule has 0 bridgehead atoms. The summed E-state index contributed by atoms with van der Waals surface area (Å²) in [4.78, 5) is 7.34. The Balaban J connectivity index is 1.44. The quantitative estimate of drug-likeness (QED) is 0.892. The van der Waals surface area contributed by atoms with Crippen molar-refractivity contribution in [2.75, 3.05) is 37.7 Å². The predicted molar refractivity (Wildman–Crippen MR) is 104 cm³/mol. The fourth-order valence-electron chi connectivity index (χ4n) is 4.15. The van der Waals surface area contributed by atoms with Crippen LogP contribution >= 0.6 is 0 Å². The Labute approximate surface area is 155 Å². The highest BCUT2D eigenvalue weighted by molar-refractivity contribution is 5.80. The summed E-state index contributed by atoms with van der Waals surface area (Å²) < 4.78 is 7.90. The Hall–Kier alpha value is -1.66. The summed E-state index contributed by atoms with van der Waals surface area (Å²) in [7, 11) is 1.98. The van der Waals surface area contributed by atoms with Crippen LogP contribution in [0.1, 0.15) is 44.2 Å². The van der Waals surface area contributed by atoms with Gasteiger partial charge in [0, 0.05) is 25.5 Å². The normalized spacial score (nSPS) is 19.8. The van der Waals surface area contributed by atoms with Gasteiger partial charge in [-0.25, -0.2) is 4.98 Å². The molecule has 0 unspecified atom stereocenters. The van der Waals surface area contributed by atoms with Crippen molar-refractivity contribution >= 4 is 16.9 Å². The molecule has 0 aliphatic carbocycles. The second-order valence-corrected chi connectivity index (χ2v) is 7.72. The van der Waals surface area contributed by atoms with Gasteiger partial charge in [0.25, 0.3) is 0 Å². The number of nitrogens with one attached hydrogen (secondary N) is 1. The zero-order valence-electron chi connectivity index (χ0n) is 15.9. The van der Waals surface area contributed by atoms with E-state index in [2.05, 4.69) is 27.4 Å². The second kappa shape index (κ2) is 8.35. The zero-order chi connectivity index (χ0) is 17.8. The molecule has 0 saturated carbocycles. The fourth-order valence-corrected chi connectivity index (χ4v) is 4.15. The largest absolute Gasteiger partial charge is 0.375 e. The lowest BCUT2D eigenvalue weighted by Gasteiger charge is -2.22. The second-order valence-electron chi connectivity index (χ2n) is 7.72. The van der Waals surface area contributed by atoms with Gasteiger partial charge in [-0.15, -0.1) is 0 Å². The van der Waals surface area contributed by atoms with E-state index >= 15 is 0 Å². The highest BCUT2D eigenvalue weighted by Gasteiger charge is 2.17. The van der Waals surface area contributed by atoms with E-state index in [9.17, 15) is 0 Å². The van der Waals surface area contributed by atoms with Crippen LogP contribution in [0.2, 0.25) is 0 Å². The number of pyridine rings is 1. The van der Waals surface area contributed by atoms with E-state index in [-0.39, 0.29) is 0 Å². The molecule has 1 N–H and O–H groups in total. The van der Waals surface area contributed by atoms with Gasteiger partial charge in [0.2, 0.25) is 0 Å². The molecular formula is C20H31N5O. The van der Waals surface area contributed by atoms with Gasteiger partial charge in [0.1, 0.15) is 5.82 Å². The summed E-state index contributed by atoms with van der Waals surface area (Å²) in [5, 5.41) is 9.20. The minimum absolute atomic E-state index is 0.575. The zero-order valence-corrected chi connectivity index (χ0v) is 15.9. The van der Waals surface area contributed by atoms with Crippen LogP contribution in [0.25, 0.3) is 11.0 Å². The molecule has 2 aromatic rings. The number of hydrogen-bond donors (Lipinski definition) is 1. The lowest BCUT2D eigenvalue weighted by molar-refractivity contribution is 0.0747. The van der Waals surface area contributed by atoms with Gasteiger partial charge < -0.3 is 15.0 Å². The first-order valence-corrected chi connectivity index (χ1v) is 10.2. The monoisotopic (exact) mass is 357 g/mol. The third-order valence-corrected chi connectivity index (χ3v) is 5.73. The molecule has 142 valence electrons. The summed E-state index contributed by atoms with van der Waals surface area (Å²) in [6, 6.07) is 4.34. The van der Waals surface area contributed by atoms with Crippen LogP contribution in [-0.2, 0) is 18.4 Å². The number of rotatable bonds is 5. The third kappa shape index (κ3) is 4.01. The van der Waals surface area contributed by atoms with Gasteiger partial charge in [0.05, 0.1) is 18.9 Å². The van der Waals surface area contributed by atoms with Crippen molar-refractivity contribution in [2.45, 2.75) is 45.1 Å². The first-order valence-electron chi connectivity index (χ1n) is 10.2. The third-order valence-electron chi connectivity index (χ3n) is 5.73. The van der Waals surface area contributed by atoms with Gasteiger partial charge in [-0.3, -0.25) is 4.68 Å². The Kier molecular flexibility index (Phi) is 5.70. The number of piperidine rings is 1. The molecule has 4 heterocycles. The Bertz CT molecular complexity index is 714. The molecule has 0 amide bonds. The van der Waals surface area contributed by atoms with Crippen molar-refractivity contribution < 1.29 is 4.74 Å². The fraction of sp³-hybridized carbons (Fsp3) is 0.700. The van der Waals surface area contributed by atoms with Crippen molar-refractivity contribution in [1.29, 1.82) is 0 Å². The van der Waals surface area contributed by atoms with Crippen molar-refractivity contribution in [3.05, 3.63) is 17.8 Å². The minimum atomic E-state index is 0.575. The Morgan fingerprint density at radius 1 is 1.12 bits per heavy atom. The summed E-state index contributed by atoms with van der Waals surface area (Å²) >= 11 is 0. The van der Waals surface area contributed by atoms with Gasteiger partial charge in [0.15, 0.2) is 5.65 Å². The molecule has 6 heteroatoms. The Morgan fingerprint density at radius 3 is 2.65 bits per heavy atom. The number of nitrogens with zero attached hydrogens (tertiary/aromatic N) is 4. The van der Waals surface area contributed by atoms with E-state index < -0.39 is 0 Å². The van der Waals surface area contributed by atoms with E-state index in [1.165, 1.54) is 38.5 Å². The molecule has 2 aromatic heterocycles. The maximum absolute atomic E-state index is 6.00. The summed E-state index contributed by atoms with van der Waals surface area (Å²) in [5.74, 6) is 1.77. The van der Waals surface area contributed by atoms with Crippen LogP contribution in [0.15, 0.2) is 12.1 Å². The number of fused-ring (bicyclic) bond motifs is 1. The SMILES string of the molecule is Cn1nc(COCC2CCNCC2)c2ccc(N3CCCCCC3)nc21. The smallest absolute Gasteiger partial charge is 0.160 e. The van der Waals surface area contributed by atoms with Gasteiger partial charge in [-0.2, -0.15) is 5.10 Å².